The fourth-order valence-electron chi connectivity index (χ4n) is 13.0. The summed E-state index contributed by atoms with van der Waals surface area (Å²) in [5.74, 6) is -1.21. The minimum atomic E-state index is -0.639. The van der Waals surface area contributed by atoms with Crippen LogP contribution >= 0.6 is 11.6 Å². The van der Waals surface area contributed by atoms with Crippen molar-refractivity contribution < 1.29 is 90.2 Å². The summed E-state index contributed by atoms with van der Waals surface area (Å²) >= 11 is 6.73. The van der Waals surface area contributed by atoms with Gasteiger partial charge in [-0.25, -0.2) is 19.9 Å². The summed E-state index contributed by atoms with van der Waals surface area (Å²) in [7, 11) is 8.05. The molecule has 0 spiro atoms. The average molecular weight is 1700 g/mol. The Labute approximate surface area is 704 Å². The third-order valence-corrected chi connectivity index (χ3v) is 19.5. The van der Waals surface area contributed by atoms with Crippen LogP contribution in [0.15, 0.2) is 90.2 Å². The van der Waals surface area contributed by atoms with E-state index in [1.165, 1.54) is 55.2 Å². The highest BCUT2D eigenvalue weighted by atomic mass is 35.5. The predicted molar refractivity (Wildman–Crippen MR) is 445 cm³/mol. The highest BCUT2D eigenvalue weighted by Gasteiger charge is 2.25. The summed E-state index contributed by atoms with van der Waals surface area (Å²) < 4.78 is 71.6. The number of aryl methyl sites for hydroxylation is 9. The fourth-order valence-corrected chi connectivity index (χ4v) is 13.2. The van der Waals surface area contributed by atoms with Gasteiger partial charge in [0, 0.05) is 156 Å². The van der Waals surface area contributed by atoms with Crippen LogP contribution < -0.4 is 47.3 Å². The van der Waals surface area contributed by atoms with E-state index in [-0.39, 0.29) is 104 Å². The molecule has 1 saturated heterocycles. The van der Waals surface area contributed by atoms with Crippen LogP contribution in [0, 0.1) is 13.8 Å². The first kappa shape index (κ1) is 92.1. The lowest BCUT2D eigenvalue weighted by Gasteiger charge is -2.32. The van der Waals surface area contributed by atoms with Crippen molar-refractivity contribution in [3.8, 4) is 16.9 Å². The van der Waals surface area contributed by atoms with E-state index in [0.717, 1.165) is 90.7 Å². The normalized spacial score (nSPS) is 12.5. The number of hydrogen-bond donors (Lipinski definition) is 8. The van der Waals surface area contributed by atoms with Crippen molar-refractivity contribution in [2.75, 3.05) is 186 Å². The van der Waals surface area contributed by atoms with Crippen molar-refractivity contribution in [3.05, 3.63) is 142 Å². The van der Waals surface area contributed by atoms with Crippen molar-refractivity contribution in [1.82, 2.24) is 78.7 Å². The maximum atomic E-state index is 13.3. The maximum Gasteiger partial charge on any atom is 0.291 e. The molecule has 8 amide bonds. The molecule has 8 N–H and O–H groups in total. The number of imidazole rings is 4. The Morgan fingerprint density at radius 2 is 0.992 bits per heavy atom. The van der Waals surface area contributed by atoms with Gasteiger partial charge in [0.2, 0.25) is 29.4 Å². The number of carbonyl (C=O) groups is 8. The number of amides is 8. The summed E-state index contributed by atoms with van der Waals surface area (Å²) in [4.78, 5) is 123. The van der Waals surface area contributed by atoms with E-state index in [2.05, 4.69) is 103 Å². The van der Waals surface area contributed by atoms with Gasteiger partial charge in [-0.05, 0) is 74.7 Å². The number of benzene rings is 2. The van der Waals surface area contributed by atoms with Crippen LogP contribution in [-0.4, -0.2) is 275 Å². The first-order valence-electron chi connectivity index (χ1n) is 40.0. The van der Waals surface area contributed by atoms with E-state index in [1.54, 1.807) is 52.2 Å². The number of morpholine rings is 1. The molecule has 654 valence electrons. The van der Waals surface area contributed by atoms with E-state index in [4.69, 9.17) is 68.5 Å². The Morgan fingerprint density at radius 1 is 0.496 bits per heavy atom. The number of nitrogens with one attached hydrogen (secondary N) is 8. The van der Waals surface area contributed by atoms with Gasteiger partial charge in [-0.2, -0.15) is 0 Å². The zero-order valence-corrected chi connectivity index (χ0v) is 70.3. The second kappa shape index (κ2) is 47.7. The Bertz CT molecular complexity index is 4880. The molecule has 9 aromatic rings. The standard InChI is InChI=1S/C81H109ClN20O19/c1-54(101-24-27-112-28-25-101)49-102-63-12-11-58(73-55(2)95-121-56(73)3)46-62(63)90-69(102)14-10-57-9-13-66(61(82)45-57)120-44-43-119-42-41-118-40-39-117-38-37-116-36-35-115-34-33-114-32-31-113-30-29-111-26-22-83-70(103)15-18-87-79(108)75-93-67(52-99(75)7)91-71(104)16-19-86-78(107)65-48-60(51-98(65)6)89-81(110)76-94-68(53-100(76)8)92-72(105)17-20-85-77(106)64-47-59(50-97(64)5)88-80(109)74-84-21-23-96(74)4/h9,11-13,21,23,45-48,50-54H,10,14-20,22,24-44,49H2,1-8H3,(H,83,103)(H,85,106)(H,86,107)(H,87,108)(H,88,109)(H,89,110)(H,91,104)(H,92,105)/t54-/m0/s1. The molecule has 0 radical (unpaired) electrons. The van der Waals surface area contributed by atoms with Gasteiger partial charge >= 0.3 is 0 Å². The smallest absolute Gasteiger partial charge is 0.291 e. The average Bonchev–Trinajstić information content (AvgIpc) is 1.62. The van der Waals surface area contributed by atoms with E-state index < -0.39 is 41.4 Å². The molecule has 7 aromatic heterocycles. The third-order valence-electron chi connectivity index (χ3n) is 19.2. The summed E-state index contributed by atoms with van der Waals surface area (Å²) in [5.41, 5.74) is 7.10. The van der Waals surface area contributed by atoms with Crippen LogP contribution in [0.2, 0.25) is 5.02 Å². The molecule has 39 nitrogen and oxygen atoms in total. The zero-order chi connectivity index (χ0) is 86.0. The molecule has 0 aliphatic carbocycles. The highest BCUT2D eigenvalue weighted by Crippen LogP contribution is 2.32. The number of hydrogen-bond acceptors (Lipinski definition) is 25. The van der Waals surface area contributed by atoms with Crippen molar-refractivity contribution >= 4 is 92.9 Å². The molecule has 1 aliphatic heterocycles. The summed E-state index contributed by atoms with van der Waals surface area (Å²) in [6.45, 7) is 17.1. The summed E-state index contributed by atoms with van der Waals surface area (Å²) in [6.07, 6.45) is 10.3. The second-order valence-corrected chi connectivity index (χ2v) is 28.8. The van der Waals surface area contributed by atoms with Gasteiger partial charge in [-0.1, -0.05) is 28.9 Å². The monoisotopic (exact) mass is 1700 g/mol. The largest absolute Gasteiger partial charge is 0.490 e. The van der Waals surface area contributed by atoms with Crippen LogP contribution in [0.5, 0.6) is 5.75 Å². The summed E-state index contributed by atoms with van der Waals surface area (Å²) in [6, 6.07) is 15.6. The van der Waals surface area contributed by atoms with Crippen molar-refractivity contribution in [2.24, 2.45) is 35.2 Å². The minimum Gasteiger partial charge on any atom is -0.490 e. The van der Waals surface area contributed by atoms with Crippen LogP contribution in [0.25, 0.3) is 22.2 Å². The van der Waals surface area contributed by atoms with Gasteiger partial charge in [-0.3, -0.25) is 43.3 Å². The molecule has 1 fully saturated rings. The number of aromatic nitrogens is 11. The number of carbonyl (C=O) groups excluding carboxylic acids is 8. The number of halogens is 1. The molecule has 0 saturated carbocycles. The van der Waals surface area contributed by atoms with Crippen molar-refractivity contribution in [2.45, 2.75) is 65.5 Å². The van der Waals surface area contributed by atoms with Gasteiger partial charge in [0.1, 0.15) is 35.3 Å². The van der Waals surface area contributed by atoms with Crippen LogP contribution in [-0.2, 0) is 112 Å². The molecular formula is C81H109ClN20O19. The molecule has 0 unspecified atom stereocenters. The van der Waals surface area contributed by atoms with Gasteiger partial charge in [0.25, 0.3) is 29.5 Å². The van der Waals surface area contributed by atoms with Gasteiger partial charge in [-0.15, -0.1) is 0 Å². The van der Waals surface area contributed by atoms with E-state index >= 15 is 0 Å². The van der Waals surface area contributed by atoms with E-state index in [9.17, 15) is 38.4 Å². The lowest BCUT2D eigenvalue weighted by Crippen LogP contribution is -2.44. The van der Waals surface area contributed by atoms with Crippen LogP contribution in [0.4, 0.5) is 23.0 Å². The first-order valence-corrected chi connectivity index (χ1v) is 40.4. The molecule has 2 aromatic carbocycles. The van der Waals surface area contributed by atoms with Crippen molar-refractivity contribution in [3.63, 3.8) is 0 Å². The Hall–Kier alpha value is -11.2. The lowest BCUT2D eigenvalue weighted by atomic mass is 10.0. The molecule has 121 heavy (non-hydrogen) atoms. The van der Waals surface area contributed by atoms with Crippen LogP contribution in [0.3, 0.4) is 0 Å². The van der Waals surface area contributed by atoms with Crippen molar-refractivity contribution in [1.29, 1.82) is 0 Å². The van der Waals surface area contributed by atoms with E-state index in [0.29, 0.717) is 128 Å². The number of nitrogens with zero attached hydrogens (tertiary/aromatic N) is 12. The van der Waals surface area contributed by atoms with Gasteiger partial charge in [0.15, 0.2) is 17.5 Å². The molecule has 40 heteroatoms. The fraction of sp³-hybridized carbons (Fsp3) is 0.494. The quantitative estimate of drug-likeness (QED) is 0.0237. The molecule has 10 rings (SSSR count). The Balaban J connectivity index is 0.469. The first-order chi connectivity index (χ1) is 58.5. The molecule has 1 aliphatic rings. The molecule has 1 atom stereocenters. The highest BCUT2D eigenvalue weighted by molar-refractivity contribution is 6.32. The number of rotatable bonds is 53. The zero-order valence-electron chi connectivity index (χ0n) is 69.6. The van der Waals surface area contributed by atoms with Gasteiger partial charge < -0.3 is 122 Å². The molecular weight excluding hydrogens is 1590 g/mol. The summed E-state index contributed by atoms with van der Waals surface area (Å²) in [5, 5.41) is 26.1. The Kier molecular flexibility index (Phi) is 36.3. The molecule has 8 heterocycles. The number of anilines is 4. The molecule has 0 bridgehead atoms. The SMILES string of the molecule is Cc1noc(C)c1-c1ccc2c(c1)nc(CCc1ccc(OCCOCCOCCOCCOCCOCCOCCOCCOCCNC(=O)CCNC(=O)c3nc(NC(=O)CCNC(=O)c4cc(NC(=O)c5nc(NC(=O)CCNC(=O)c6cc(NC(=O)c7nccn7C)cn6C)cn5C)cn4C)cn3C)c(Cl)c1)n2C[C@H](C)N1CCOCC1. The number of fused-ring (bicyclic) bond motifs is 1. The maximum absolute atomic E-state index is 13.3. The predicted octanol–water partition coefficient (Wildman–Crippen LogP) is 4.81. The second-order valence-electron chi connectivity index (χ2n) is 28.4. The van der Waals surface area contributed by atoms with E-state index in [1.807, 2.05) is 26.0 Å². The lowest BCUT2D eigenvalue weighted by molar-refractivity contribution is -0.121. The van der Waals surface area contributed by atoms with Gasteiger partial charge in [0.05, 0.1) is 152 Å². The van der Waals surface area contributed by atoms with Crippen LogP contribution in [0.1, 0.15) is 102 Å². The third kappa shape index (κ3) is 28.7. The minimum absolute atomic E-state index is 0.00333. The Morgan fingerprint density at radius 3 is 1.50 bits per heavy atom. The topological polar surface area (TPSA) is 436 Å². The number of ether oxygens (including phenoxy) is 10.